The maximum absolute atomic E-state index is 5.44. The molecule has 0 aliphatic carbocycles. The van der Waals surface area contributed by atoms with Gasteiger partial charge in [0.15, 0.2) is 0 Å². The molecule has 0 amide bonds. The van der Waals surface area contributed by atoms with Crippen molar-refractivity contribution in [1.82, 2.24) is 19.9 Å². The Kier molecular flexibility index (Phi) is 3.77. The van der Waals surface area contributed by atoms with Crippen LogP contribution in [0.25, 0.3) is 10.2 Å². The molecule has 8 heteroatoms. The minimum absolute atomic E-state index is 0.415. The molecule has 3 aromatic rings. The van der Waals surface area contributed by atoms with Gasteiger partial charge in [-0.15, -0.1) is 11.3 Å². The molecule has 0 spiro atoms. The van der Waals surface area contributed by atoms with E-state index in [1.54, 1.807) is 17.5 Å². The van der Waals surface area contributed by atoms with Crippen LogP contribution in [0.2, 0.25) is 0 Å². The highest BCUT2D eigenvalue weighted by molar-refractivity contribution is 7.99. The van der Waals surface area contributed by atoms with Crippen LogP contribution in [0, 0.1) is 0 Å². The van der Waals surface area contributed by atoms with Gasteiger partial charge in [0.2, 0.25) is 5.95 Å². The fourth-order valence-electron chi connectivity index (χ4n) is 1.70. The van der Waals surface area contributed by atoms with Gasteiger partial charge >= 0.3 is 0 Å². The first-order valence-corrected chi connectivity index (χ1v) is 7.64. The van der Waals surface area contributed by atoms with Gasteiger partial charge in [-0.2, -0.15) is 0 Å². The fraction of sp³-hybridized carbons (Fsp3) is 0.167. The molecule has 3 N–H and O–H groups in total. The molecule has 0 unspecified atom stereocenters. The van der Waals surface area contributed by atoms with Gasteiger partial charge in [0.25, 0.3) is 0 Å². The standard InChI is InChI=1S/C12H12N6S2/c1-2-7-5-8-10(19-7)16-12(18-13)17-11(8)20-9-3-4-14-6-15-9/h3-6H,2,13H2,1H3,(H,16,17,18). The van der Waals surface area contributed by atoms with Crippen molar-refractivity contribution in [3.05, 3.63) is 29.5 Å². The Morgan fingerprint density at radius 3 is 3.00 bits per heavy atom. The minimum atomic E-state index is 0.415. The molecule has 0 radical (unpaired) electrons. The molecule has 0 aliphatic rings. The van der Waals surface area contributed by atoms with E-state index < -0.39 is 0 Å². The highest BCUT2D eigenvalue weighted by Crippen LogP contribution is 2.35. The molecule has 102 valence electrons. The van der Waals surface area contributed by atoms with Crippen LogP contribution in [0.3, 0.4) is 0 Å². The lowest BCUT2D eigenvalue weighted by molar-refractivity contribution is 1.03. The SMILES string of the molecule is CCc1cc2c(Sc3ccncn3)nc(NN)nc2s1. The van der Waals surface area contributed by atoms with Gasteiger partial charge in [-0.05, 0) is 30.3 Å². The van der Waals surface area contributed by atoms with Gasteiger partial charge in [-0.25, -0.2) is 25.8 Å². The summed E-state index contributed by atoms with van der Waals surface area (Å²) < 4.78 is 0. The molecule has 0 atom stereocenters. The minimum Gasteiger partial charge on any atom is -0.292 e. The van der Waals surface area contributed by atoms with Crippen LogP contribution < -0.4 is 11.3 Å². The lowest BCUT2D eigenvalue weighted by Gasteiger charge is -2.04. The first-order valence-electron chi connectivity index (χ1n) is 6.01. The predicted molar refractivity (Wildman–Crippen MR) is 80.8 cm³/mol. The molecular formula is C12H12N6S2. The van der Waals surface area contributed by atoms with Crippen LogP contribution in [0.4, 0.5) is 5.95 Å². The van der Waals surface area contributed by atoms with Crippen molar-refractivity contribution in [2.24, 2.45) is 5.84 Å². The van der Waals surface area contributed by atoms with Crippen molar-refractivity contribution in [1.29, 1.82) is 0 Å². The Morgan fingerprint density at radius 2 is 2.30 bits per heavy atom. The molecular weight excluding hydrogens is 292 g/mol. The molecule has 3 aromatic heterocycles. The predicted octanol–water partition coefficient (Wildman–Crippen LogP) is 2.48. The number of rotatable bonds is 4. The third-order valence-electron chi connectivity index (χ3n) is 2.64. The number of nitrogen functional groups attached to an aromatic ring is 1. The molecule has 20 heavy (non-hydrogen) atoms. The van der Waals surface area contributed by atoms with Crippen LogP contribution in [-0.4, -0.2) is 19.9 Å². The van der Waals surface area contributed by atoms with Gasteiger partial charge in [-0.1, -0.05) is 6.92 Å². The van der Waals surface area contributed by atoms with E-state index in [0.717, 1.165) is 26.7 Å². The Bertz CT molecular complexity index is 727. The Balaban J connectivity index is 2.09. The average Bonchev–Trinajstić information content (AvgIpc) is 2.91. The topological polar surface area (TPSA) is 89.6 Å². The van der Waals surface area contributed by atoms with E-state index in [-0.39, 0.29) is 0 Å². The van der Waals surface area contributed by atoms with Gasteiger partial charge in [-0.3, -0.25) is 5.43 Å². The summed E-state index contributed by atoms with van der Waals surface area (Å²) in [6, 6.07) is 3.98. The number of hydrazine groups is 1. The molecule has 3 heterocycles. The molecule has 6 nitrogen and oxygen atoms in total. The van der Waals surface area contributed by atoms with Gasteiger partial charge in [0.05, 0.1) is 0 Å². The number of nitrogens with two attached hydrogens (primary N) is 1. The summed E-state index contributed by atoms with van der Waals surface area (Å²) in [5.41, 5.74) is 2.51. The number of hydrogen-bond acceptors (Lipinski definition) is 8. The van der Waals surface area contributed by atoms with E-state index in [2.05, 4.69) is 38.4 Å². The van der Waals surface area contributed by atoms with Crippen molar-refractivity contribution in [2.45, 2.75) is 23.4 Å². The second-order valence-corrected chi connectivity index (χ2v) is 6.06. The second kappa shape index (κ2) is 5.70. The van der Waals surface area contributed by atoms with E-state index in [1.165, 1.54) is 23.0 Å². The monoisotopic (exact) mass is 304 g/mol. The largest absolute Gasteiger partial charge is 0.292 e. The van der Waals surface area contributed by atoms with E-state index in [4.69, 9.17) is 5.84 Å². The summed E-state index contributed by atoms with van der Waals surface area (Å²) in [7, 11) is 0. The Morgan fingerprint density at radius 1 is 1.40 bits per heavy atom. The second-order valence-electron chi connectivity index (χ2n) is 3.93. The summed E-state index contributed by atoms with van der Waals surface area (Å²) in [5.74, 6) is 5.85. The first kappa shape index (κ1) is 13.2. The number of nitrogens with zero attached hydrogens (tertiary/aromatic N) is 4. The number of aryl methyl sites for hydroxylation is 1. The van der Waals surface area contributed by atoms with E-state index in [0.29, 0.717) is 5.95 Å². The Labute approximate surface area is 123 Å². The zero-order chi connectivity index (χ0) is 13.9. The van der Waals surface area contributed by atoms with Crippen LogP contribution in [0.1, 0.15) is 11.8 Å². The highest BCUT2D eigenvalue weighted by atomic mass is 32.2. The first-order chi connectivity index (χ1) is 9.80. The van der Waals surface area contributed by atoms with Gasteiger partial charge < -0.3 is 0 Å². The smallest absolute Gasteiger partial charge is 0.239 e. The number of aromatic nitrogens is 4. The normalized spacial score (nSPS) is 10.9. The van der Waals surface area contributed by atoms with Crippen LogP contribution >= 0.6 is 23.1 Å². The quantitative estimate of drug-likeness (QED) is 0.435. The molecule has 0 aliphatic heterocycles. The lowest BCUT2D eigenvalue weighted by atomic mass is 10.3. The van der Waals surface area contributed by atoms with Crippen molar-refractivity contribution in [3.8, 4) is 0 Å². The third-order valence-corrected chi connectivity index (χ3v) is 4.77. The maximum Gasteiger partial charge on any atom is 0.239 e. The number of fused-ring (bicyclic) bond motifs is 1. The number of anilines is 1. The summed E-state index contributed by atoms with van der Waals surface area (Å²) in [5, 5.41) is 2.72. The Hall–Kier alpha value is -1.77. The van der Waals surface area contributed by atoms with Gasteiger partial charge in [0, 0.05) is 16.5 Å². The number of hydrogen-bond donors (Lipinski definition) is 2. The zero-order valence-electron chi connectivity index (χ0n) is 10.7. The maximum atomic E-state index is 5.44. The molecule has 0 fully saturated rings. The molecule has 0 aromatic carbocycles. The summed E-state index contributed by atoms with van der Waals surface area (Å²) in [6.07, 6.45) is 4.21. The van der Waals surface area contributed by atoms with E-state index >= 15 is 0 Å². The zero-order valence-corrected chi connectivity index (χ0v) is 12.3. The van der Waals surface area contributed by atoms with E-state index in [9.17, 15) is 0 Å². The fourth-order valence-corrected chi connectivity index (χ4v) is 3.56. The van der Waals surface area contributed by atoms with E-state index in [1.807, 2.05) is 6.07 Å². The summed E-state index contributed by atoms with van der Waals surface area (Å²) >= 11 is 3.14. The van der Waals surface area contributed by atoms with Crippen molar-refractivity contribution >= 4 is 39.3 Å². The van der Waals surface area contributed by atoms with Crippen LogP contribution in [0.5, 0.6) is 0 Å². The average molecular weight is 304 g/mol. The summed E-state index contributed by atoms with van der Waals surface area (Å²) in [6.45, 7) is 2.12. The lowest BCUT2D eigenvalue weighted by Crippen LogP contribution is -2.10. The van der Waals surface area contributed by atoms with Crippen LogP contribution in [0.15, 0.2) is 34.7 Å². The molecule has 0 bridgehead atoms. The summed E-state index contributed by atoms with van der Waals surface area (Å²) in [4.78, 5) is 19.1. The highest BCUT2D eigenvalue weighted by Gasteiger charge is 2.12. The third kappa shape index (κ3) is 2.58. The number of nitrogens with one attached hydrogen (secondary N) is 1. The molecule has 0 saturated heterocycles. The number of thiophene rings is 1. The van der Waals surface area contributed by atoms with Crippen molar-refractivity contribution in [3.63, 3.8) is 0 Å². The van der Waals surface area contributed by atoms with Gasteiger partial charge in [0.1, 0.15) is 21.2 Å². The molecule has 0 saturated carbocycles. The van der Waals surface area contributed by atoms with Crippen LogP contribution in [-0.2, 0) is 6.42 Å². The van der Waals surface area contributed by atoms with Crippen molar-refractivity contribution in [2.75, 3.05) is 5.43 Å². The van der Waals surface area contributed by atoms with Crippen molar-refractivity contribution < 1.29 is 0 Å². The molecule has 3 rings (SSSR count).